The van der Waals surface area contributed by atoms with Crippen LogP contribution in [0.4, 0.5) is 0 Å². The minimum absolute atomic E-state index is 0.0205. The molecule has 0 aliphatic rings. The summed E-state index contributed by atoms with van der Waals surface area (Å²) in [5.41, 5.74) is 5.35. The predicted octanol–water partition coefficient (Wildman–Crippen LogP) is 2.29. The summed E-state index contributed by atoms with van der Waals surface area (Å²) in [5, 5.41) is 25.1. The lowest BCUT2D eigenvalue weighted by Crippen LogP contribution is -2.49. The first-order valence-corrected chi connectivity index (χ1v) is 12.3. The topological polar surface area (TPSA) is 156 Å². The number of hydrogen-bond acceptors (Lipinski definition) is 7. The molecule has 35 heavy (non-hydrogen) atoms. The van der Waals surface area contributed by atoms with Crippen molar-refractivity contribution in [3.8, 4) is 16.8 Å². The Morgan fingerprint density at radius 2 is 1.69 bits per heavy atom. The smallest absolute Gasteiger partial charge is 0.290 e. The van der Waals surface area contributed by atoms with Gasteiger partial charge in [-0.05, 0) is 54.8 Å². The third-order valence-electron chi connectivity index (χ3n) is 5.85. The second-order valence-electron chi connectivity index (χ2n) is 7.95. The summed E-state index contributed by atoms with van der Waals surface area (Å²) in [4.78, 5) is 22.0. The third kappa shape index (κ3) is 5.39. The number of hydrogen-bond donors (Lipinski definition) is 3. The van der Waals surface area contributed by atoms with Crippen LogP contribution in [0.15, 0.2) is 67.1 Å². The van der Waals surface area contributed by atoms with Crippen molar-refractivity contribution in [1.29, 1.82) is 0 Å². The number of fused-ring (bicyclic) bond motifs is 1. The van der Waals surface area contributed by atoms with Gasteiger partial charge in [-0.25, -0.2) is 13.9 Å². The summed E-state index contributed by atoms with van der Waals surface area (Å²) >= 11 is 0. The zero-order valence-corrected chi connectivity index (χ0v) is 19.9. The first kappa shape index (κ1) is 25.6. The van der Waals surface area contributed by atoms with Crippen LogP contribution in [-0.2, 0) is 26.0 Å². The van der Waals surface area contributed by atoms with Crippen molar-refractivity contribution in [3.05, 3.63) is 67.1 Å². The number of sulfone groups is 1. The summed E-state index contributed by atoms with van der Waals surface area (Å²) in [6.07, 6.45) is 6.13. The van der Waals surface area contributed by atoms with Gasteiger partial charge in [0.15, 0.2) is 14.6 Å². The van der Waals surface area contributed by atoms with Crippen molar-refractivity contribution in [1.82, 2.24) is 25.0 Å². The molecule has 0 saturated carbocycles. The Bertz CT molecular complexity index is 1410. The van der Waals surface area contributed by atoms with Gasteiger partial charge in [-0.15, -0.1) is 0 Å². The Labute approximate surface area is 201 Å². The Balaban J connectivity index is 0.00000108. The van der Waals surface area contributed by atoms with E-state index in [1.807, 2.05) is 53.2 Å². The number of carboxylic acid groups (broad SMARTS) is 1. The van der Waals surface area contributed by atoms with Crippen molar-refractivity contribution < 1.29 is 28.3 Å². The van der Waals surface area contributed by atoms with E-state index < -0.39 is 20.5 Å². The fourth-order valence-electron chi connectivity index (χ4n) is 3.63. The molecule has 1 amide bonds. The van der Waals surface area contributed by atoms with Crippen molar-refractivity contribution in [2.24, 2.45) is 0 Å². The molecule has 0 fully saturated rings. The molecule has 3 N–H and O–H groups in total. The number of rotatable bonds is 7. The minimum atomic E-state index is -3.74. The molecule has 0 saturated heterocycles. The molecule has 0 bridgehead atoms. The SMILES string of the molecule is C[C@@](CCn1ccc2cc(-c3ccc(-n4nccn4)cc3)ccc21)(C(=O)NO)S(C)(=O)=O.O=CO. The molecule has 2 aromatic carbocycles. The van der Waals surface area contributed by atoms with E-state index in [0.29, 0.717) is 6.54 Å². The van der Waals surface area contributed by atoms with Crippen LogP contribution in [0.3, 0.4) is 0 Å². The molecule has 4 aromatic rings. The molecule has 0 radical (unpaired) electrons. The Kier molecular flexibility index (Phi) is 7.67. The van der Waals surface area contributed by atoms with E-state index in [4.69, 9.17) is 15.1 Å². The summed E-state index contributed by atoms with van der Waals surface area (Å²) in [5.74, 6) is -0.937. The van der Waals surface area contributed by atoms with Gasteiger partial charge in [-0.1, -0.05) is 18.2 Å². The summed E-state index contributed by atoms with van der Waals surface area (Å²) in [6.45, 7) is 1.37. The zero-order chi connectivity index (χ0) is 25.6. The molecule has 2 aromatic heterocycles. The van der Waals surface area contributed by atoms with Gasteiger partial charge in [0, 0.05) is 29.9 Å². The van der Waals surface area contributed by atoms with Crippen LogP contribution < -0.4 is 5.48 Å². The molecule has 0 aliphatic carbocycles. The maximum absolute atomic E-state index is 12.2. The van der Waals surface area contributed by atoms with Crippen LogP contribution in [0, 0.1) is 0 Å². The number of amides is 1. The number of benzene rings is 2. The molecule has 2 heterocycles. The summed E-state index contributed by atoms with van der Waals surface area (Å²) in [7, 11) is -3.74. The highest BCUT2D eigenvalue weighted by Gasteiger charge is 2.43. The first-order valence-electron chi connectivity index (χ1n) is 10.4. The van der Waals surface area contributed by atoms with E-state index in [1.165, 1.54) is 12.4 Å². The van der Waals surface area contributed by atoms with Crippen LogP contribution in [0.2, 0.25) is 0 Å². The molecule has 184 valence electrons. The van der Waals surface area contributed by atoms with Gasteiger partial charge in [0.05, 0.1) is 18.1 Å². The normalized spacial score (nSPS) is 12.9. The average Bonchev–Trinajstić information content (AvgIpc) is 3.52. The van der Waals surface area contributed by atoms with Gasteiger partial charge in [0.1, 0.15) is 0 Å². The van der Waals surface area contributed by atoms with Crippen molar-refractivity contribution in [3.63, 3.8) is 0 Å². The molecule has 12 heteroatoms. The largest absolute Gasteiger partial charge is 0.483 e. The van der Waals surface area contributed by atoms with Crippen molar-refractivity contribution >= 4 is 33.1 Å². The molecule has 0 spiro atoms. The quantitative estimate of drug-likeness (QED) is 0.199. The summed E-state index contributed by atoms with van der Waals surface area (Å²) < 4.78 is 24.5. The molecular weight excluding hydrogens is 474 g/mol. The molecular formula is C23H25N5O6S. The highest BCUT2D eigenvalue weighted by atomic mass is 32.2. The third-order valence-corrected chi connectivity index (χ3v) is 7.88. The highest BCUT2D eigenvalue weighted by molar-refractivity contribution is 7.92. The number of carbonyl (C=O) groups is 2. The predicted molar refractivity (Wildman–Crippen MR) is 129 cm³/mol. The Morgan fingerprint density at radius 1 is 1.09 bits per heavy atom. The minimum Gasteiger partial charge on any atom is -0.483 e. The number of carbonyl (C=O) groups excluding carboxylic acids is 1. The fourth-order valence-corrected chi connectivity index (χ4v) is 4.47. The lowest BCUT2D eigenvalue weighted by Gasteiger charge is -2.25. The van der Waals surface area contributed by atoms with Crippen LogP contribution in [0.1, 0.15) is 13.3 Å². The van der Waals surface area contributed by atoms with Gasteiger partial charge >= 0.3 is 0 Å². The first-order chi connectivity index (χ1) is 16.6. The van der Waals surface area contributed by atoms with Crippen molar-refractivity contribution in [2.75, 3.05) is 6.26 Å². The van der Waals surface area contributed by atoms with Crippen LogP contribution in [-0.4, -0.2) is 61.7 Å². The van der Waals surface area contributed by atoms with E-state index in [9.17, 15) is 13.2 Å². The second-order valence-corrected chi connectivity index (χ2v) is 10.4. The number of nitrogens with one attached hydrogen (secondary N) is 1. The zero-order valence-electron chi connectivity index (χ0n) is 19.1. The molecule has 0 aliphatic heterocycles. The van der Waals surface area contributed by atoms with E-state index >= 15 is 0 Å². The van der Waals surface area contributed by atoms with Gasteiger partial charge in [-0.3, -0.25) is 14.8 Å². The molecule has 11 nitrogen and oxygen atoms in total. The Morgan fingerprint density at radius 3 is 2.26 bits per heavy atom. The van der Waals surface area contributed by atoms with Gasteiger partial charge in [-0.2, -0.15) is 15.0 Å². The number of aromatic nitrogens is 4. The number of nitrogens with zero attached hydrogens (tertiary/aromatic N) is 4. The lowest BCUT2D eigenvalue weighted by atomic mass is 10.0. The monoisotopic (exact) mass is 499 g/mol. The van der Waals surface area contributed by atoms with E-state index in [0.717, 1.165) is 34.0 Å². The van der Waals surface area contributed by atoms with Crippen LogP contribution in [0.25, 0.3) is 27.7 Å². The van der Waals surface area contributed by atoms with Crippen LogP contribution in [0.5, 0.6) is 0 Å². The van der Waals surface area contributed by atoms with E-state index in [1.54, 1.807) is 17.2 Å². The number of aryl methyl sites for hydroxylation is 1. The second kappa shape index (κ2) is 10.5. The van der Waals surface area contributed by atoms with Gasteiger partial charge in [0.25, 0.3) is 12.4 Å². The van der Waals surface area contributed by atoms with Gasteiger partial charge < -0.3 is 9.67 Å². The average molecular weight is 500 g/mol. The maximum atomic E-state index is 12.2. The van der Waals surface area contributed by atoms with E-state index in [2.05, 4.69) is 16.3 Å². The number of hydroxylamine groups is 1. The Hall–Kier alpha value is -4.03. The maximum Gasteiger partial charge on any atom is 0.290 e. The molecule has 0 unspecified atom stereocenters. The highest BCUT2D eigenvalue weighted by Crippen LogP contribution is 2.28. The van der Waals surface area contributed by atoms with Crippen LogP contribution >= 0.6 is 0 Å². The standard InChI is InChI=1S/C22H23N5O4S.CH2O2/c1-22(21(28)25-29,32(2,30)31)10-14-26-13-9-18-15-17(5-8-20(18)26)16-3-6-19(7-4-16)27-23-11-12-24-27;2-1-3/h3-9,11-13,15,29H,10,14H2,1-2H3,(H,25,28);1H,(H,2,3)/t22-;/m1./s1. The van der Waals surface area contributed by atoms with E-state index in [-0.39, 0.29) is 12.9 Å². The summed E-state index contributed by atoms with van der Waals surface area (Å²) in [6, 6.07) is 15.9. The fraction of sp³-hybridized carbons (Fsp3) is 0.217. The molecule has 4 rings (SSSR count). The van der Waals surface area contributed by atoms with Crippen molar-refractivity contribution in [2.45, 2.75) is 24.6 Å². The molecule has 1 atom stereocenters. The lowest BCUT2D eigenvalue weighted by molar-refractivity contribution is -0.131. The van der Waals surface area contributed by atoms with Gasteiger partial charge in [0.2, 0.25) is 0 Å².